The van der Waals surface area contributed by atoms with Gasteiger partial charge in [0.25, 0.3) is 0 Å². The van der Waals surface area contributed by atoms with Crippen molar-refractivity contribution in [1.29, 1.82) is 0 Å². The topological polar surface area (TPSA) is 172 Å². The van der Waals surface area contributed by atoms with Crippen molar-refractivity contribution in [3.05, 3.63) is 48.5 Å². The molecule has 0 fully saturated rings. The van der Waals surface area contributed by atoms with Gasteiger partial charge in [-0.25, -0.2) is 4.98 Å². The molecule has 2 aromatic carbocycles. The largest absolute Gasteiger partial charge is 0.480 e. The summed E-state index contributed by atoms with van der Waals surface area (Å²) in [6.45, 7) is -0.0879. The van der Waals surface area contributed by atoms with E-state index in [2.05, 4.69) is 22.8 Å². The Morgan fingerprint density at radius 3 is 1.49 bits per heavy atom. The third-order valence-corrected chi connectivity index (χ3v) is 7.49. The zero-order chi connectivity index (χ0) is 32.4. The van der Waals surface area contributed by atoms with Crippen LogP contribution in [0.2, 0.25) is 0 Å². The lowest BCUT2D eigenvalue weighted by Crippen LogP contribution is -2.45. The number of fused-ring (bicyclic) bond motifs is 2. The van der Waals surface area contributed by atoms with Crippen molar-refractivity contribution in [3.63, 3.8) is 0 Å². The Bertz CT molecular complexity index is 1350. The fourth-order valence-electron chi connectivity index (χ4n) is 5.33. The predicted octanol–water partition coefficient (Wildman–Crippen LogP) is 3.89. The lowest BCUT2D eigenvalue weighted by atomic mass is 10.1. The molecule has 5 N–H and O–H groups in total. The van der Waals surface area contributed by atoms with E-state index in [1.54, 1.807) is 0 Å². The van der Waals surface area contributed by atoms with Crippen LogP contribution in [0.1, 0.15) is 51.4 Å². The number of carboxylic acid groups (broad SMARTS) is 3. The molecule has 12 heteroatoms. The van der Waals surface area contributed by atoms with E-state index in [9.17, 15) is 19.2 Å². The van der Waals surface area contributed by atoms with Crippen molar-refractivity contribution < 1.29 is 34.5 Å². The van der Waals surface area contributed by atoms with Crippen LogP contribution < -0.4 is 10.6 Å². The van der Waals surface area contributed by atoms with Crippen molar-refractivity contribution in [3.8, 4) is 0 Å². The number of anilines is 1. The van der Waals surface area contributed by atoms with Gasteiger partial charge in [-0.15, -0.1) is 0 Å². The van der Waals surface area contributed by atoms with Crippen LogP contribution >= 0.6 is 0 Å². The van der Waals surface area contributed by atoms with E-state index in [-0.39, 0.29) is 25.5 Å². The van der Waals surface area contributed by atoms with Gasteiger partial charge in [-0.1, -0.05) is 74.9 Å². The van der Waals surface area contributed by atoms with E-state index in [0.717, 1.165) is 72.6 Å². The normalized spacial score (nSPS) is 11.3. The maximum absolute atomic E-state index is 12.4. The summed E-state index contributed by atoms with van der Waals surface area (Å²) in [5, 5.41) is 35.9. The molecular formula is C33H45N5O7. The van der Waals surface area contributed by atoms with E-state index < -0.39 is 37.5 Å². The molecule has 0 unspecified atom stereocenters. The van der Waals surface area contributed by atoms with Gasteiger partial charge in [0.05, 0.1) is 42.9 Å². The Morgan fingerprint density at radius 1 is 0.578 bits per heavy atom. The quantitative estimate of drug-likeness (QED) is 0.0766. The van der Waals surface area contributed by atoms with E-state index in [4.69, 9.17) is 20.3 Å². The average Bonchev–Trinajstić information content (AvgIpc) is 2.99. The van der Waals surface area contributed by atoms with Gasteiger partial charge >= 0.3 is 17.9 Å². The molecule has 0 bridgehead atoms. The molecule has 45 heavy (non-hydrogen) atoms. The van der Waals surface area contributed by atoms with Gasteiger partial charge in [-0.3, -0.25) is 29.0 Å². The van der Waals surface area contributed by atoms with E-state index in [1.165, 1.54) is 22.6 Å². The number of carboxylic acids is 3. The molecule has 0 spiro atoms. The third-order valence-electron chi connectivity index (χ3n) is 7.49. The van der Waals surface area contributed by atoms with Crippen LogP contribution in [0, 0.1) is 0 Å². The first-order chi connectivity index (χ1) is 21.7. The summed E-state index contributed by atoms with van der Waals surface area (Å²) >= 11 is 0. The minimum atomic E-state index is -1.18. The zero-order valence-electron chi connectivity index (χ0n) is 25.7. The van der Waals surface area contributed by atoms with Crippen LogP contribution in [0.5, 0.6) is 0 Å². The minimum absolute atomic E-state index is 0.00871. The number of hydrogen-bond donors (Lipinski definition) is 5. The second-order valence-corrected chi connectivity index (χ2v) is 11.2. The number of carbonyl (C=O) groups excluding carboxylic acids is 1. The van der Waals surface area contributed by atoms with Gasteiger partial charge in [0, 0.05) is 37.0 Å². The Balaban J connectivity index is 1.25. The number of nitrogens with zero attached hydrogens (tertiary/aromatic N) is 3. The number of aromatic nitrogens is 1. The molecule has 244 valence electrons. The van der Waals surface area contributed by atoms with Crippen molar-refractivity contribution in [2.45, 2.75) is 51.4 Å². The molecule has 3 aromatic rings. The van der Waals surface area contributed by atoms with Crippen LogP contribution in [0.4, 0.5) is 5.69 Å². The lowest BCUT2D eigenvalue weighted by Gasteiger charge is -2.24. The van der Waals surface area contributed by atoms with Gasteiger partial charge in [0.2, 0.25) is 5.91 Å². The number of amides is 1. The molecule has 0 saturated heterocycles. The third kappa shape index (κ3) is 13.1. The van der Waals surface area contributed by atoms with E-state index >= 15 is 0 Å². The van der Waals surface area contributed by atoms with Gasteiger partial charge in [-0.2, -0.15) is 0 Å². The van der Waals surface area contributed by atoms with Crippen LogP contribution in [-0.4, -0.2) is 106 Å². The van der Waals surface area contributed by atoms with Crippen LogP contribution in [0.3, 0.4) is 0 Å². The molecule has 0 radical (unpaired) electrons. The fraction of sp³-hybridized carbons (Fsp3) is 0.485. The highest BCUT2D eigenvalue weighted by Crippen LogP contribution is 2.30. The van der Waals surface area contributed by atoms with Crippen LogP contribution in [-0.2, 0) is 19.2 Å². The highest BCUT2D eigenvalue weighted by molar-refractivity contribution is 6.07. The summed E-state index contributed by atoms with van der Waals surface area (Å²) in [6.07, 6.45) is 8.61. The lowest BCUT2D eigenvalue weighted by molar-refractivity contribution is -0.143. The Morgan fingerprint density at radius 2 is 1.00 bits per heavy atom. The predicted molar refractivity (Wildman–Crippen MR) is 173 cm³/mol. The Kier molecular flexibility index (Phi) is 15.0. The molecule has 0 saturated carbocycles. The number of para-hydroxylation sites is 2. The van der Waals surface area contributed by atoms with Gasteiger partial charge in [-0.05, 0) is 25.0 Å². The molecular weight excluding hydrogens is 578 g/mol. The number of carbonyl (C=O) groups is 4. The highest BCUT2D eigenvalue weighted by Gasteiger charge is 2.18. The summed E-state index contributed by atoms with van der Waals surface area (Å²) in [4.78, 5) is 52.9. The number of rotatable bonds is 23. The first kappa shape index (κ1) is 35.2. The highest BCUT2D eigenvalue weighted by atomic mass is 16.4. The first-order valence-electron chi connectivity index (χ1n) is 15.6. The first-order valence-corrected chi connectivity index (χ1v) is 15.6. The maximum atomic E-state index is 12.4. The second-order valence-electron chi connectivity index (χ2n) is 11.2. The molecule has 0 aliphatic heterocycles. The SMILES string of the molecule is O=C(O)CN(CCN(CC(=O)O)CC(=O)NCCCCCCCCCCNc1c2ccccc2nc2ccccc12)CC(=O)O. The molecule has 0 aliphatic carbocycles. The zero-order valence-corrected chi connectivity index (χ0v) is 25.7. The summed E-state index contributed by atoms with van der Waals surface area (Å²) in [6, 6.07) is 16.4. The fourth-order valence-corrected chi connectivity index (χ4v) is 5.33. The number of nitrogens with one attached hydrogen (secondary N) is 2. The smallest absolute Gasteiger partial charge is 0.317 e. The minimum Gasteiger partial charge on any atom is -0.480 e. The molecule has 1 aromatic heterocycles. The Labute approximate surface area is 263 Å². The summed E-state index contributed by atoms with van der Waals surface area (Å²) in [7, 11) is 0. The van der Waals surface area contributed by atoms with E-state index in [0.29, 0.717) is 6.54 Å². The molecule has 0 aliphatic rings. The average molecular weight is 624 g/mol. The van der Waals surface area contributed by atoms with Gasteiger partial charge in [0.15, 0.2) is 0 Å². The molecule has 12 nitrogen and oxygen atoms in total. The van der Waals surface area contributed by atoms with Gasteiger partial charge < -0.3 is 26.0 Å². The summed E-state index contributed by atoms with van der Waals surface area (Å²) in [5.74, 6) is -3.81. The molecule has 1 heterocycles. The summed E-state index contributed by atoms with van der Waals surface area (Å²) in [5.41, 5.74) is 3.14. The van der Waals surface area contributed by atoms with Gasteiger partial charge in [0.1, 0.15) is 0 Å². The number of benzene rings is 2. The molecule has 0 atom stereocenters. The number of pyridine rings is 1. The second kappa shape index (κ2) is 19.2. The van der Waals surface area contributed by atoms with Crippen molar-refractivity contribution >= 4 is 51.3 Å². The summed E-state index contributed by atoms with van der Waals surface area (Å²) < 4.78 is 0. The Hall–Kier alpha value is -4.29. The standard InChI is InChI=1S/C33H45N5O7/c39-29(21-37(22-30(40)41)19-20-38(23-31(42)43)24-32(44)45)34-17-11-5-3-1-2-4-6-12-18-35-33-25-13-7-9-15-27(25)36-28-16-10-8-14-26(28)33/h7-10,13-16H,1-6,11-12,17-24H2,(H,34,39)(H,35,36)(H,40,41)(H,42,43)(H,44,45). The van der Waals surface area contributed by atoms with E-state index in [1.807, 2.05) is 36.4 Å². The number of aliphatic carboxylic acids is 3. The van der Waals surface area contributed by atoms with Crippen molar-refractivity contribution in [2.75, 3.05) is 57.7 Å². The van der Waals surface area contributed by atoms with Crippen molar-refractivity contribution in [2.24, 2.45) is 0 Å². The number of hydrogen-bond acceptors (Lipinski definition) is 8. The number of unbranched alkanes of at least 4 members (excludes halogenated alkanes) is 7. The maximum Gasteiger partial charge on any atom is 0.317 e. The van der Waals surface area contributed by atoms with Crippen LogP contribution in [0.25, 0.3) is 21.8 Å². The van der Waals surface area contributed by atoms with Crippen LogP contribution in [0.15, 0.2) is 48.5 Å². The molecule has 1 amide bonds. The monoisotopic (exact) mass is 623 g/mol. The molecule has 3 rings (SSSR count). The van der Waals surface area contributed by atoms with Crippen molar-refractivity contribution in [1.82, 2.24) is 20.1 Å².